The molecule has 3 heteroatoms. The van der Waals surface area contributed by atoms with Crippen molar-refractivity contribution in [1.82, 2.24) is 4.90 Å². The fraction of sp³-hybridized carbons (Fsp3) is 0.350. The molecule has 0 saturated carbocycles. The van der Waals surface area contributed by atoms with Gasteiger partial charge in [0.2, 0.25) is 5.91 Å². The number of likely N-dealkylation sites (N-methyl/N-ethyl adjacent to an activating group) is 1. The monoisotopic (exact) mass is 306 g/mol. The molecule has 2 heterocycles. The Hall–Kier alpha value is -2.13. The fourth-order valence-corrected chi connectivity index (χ4v) is 4.13. The normalized spacial score (nSPS) is 20.0. The molecule has 1 spiro atoms. The first-order valence-electron chi connectivity index (χ1n) is 8.35. The Kier molecular flexibility index (Phi) is 3.46. The van der Waals surface area contributed by atoms with Crippen LogP contribution in [0.5, 0.6) is 0 Å². The molecule has 0 atom stereocenters. The van der Waals surface area contributed by atoms with Gasteiger partial charge in [-0.2, -0.15) is 0 Å². The zero-order valence-corrected chi connectivity index (χ0v) is 13.5. The van der Waals surface area contributed by atoms with Crippen molar-refractivity contribution in [2.75, 3.05) is 25.0 Å². The van der Waals surface area contributed by atoms with Crippen molar-refractivity contribution in [3.63, 3.8) is 0 Å². The number of rotatable bonds is 2. The zero-order chi connectivity index (χ0) is 15.9. The fourth-order valence-electron chi connectivity index (χ4n) is 4.13. The molecular weight excluding hydrogens is 284 g/mol. The van der Waals surface area contributed by atoms with Crippen LogP contribution in [0.4, 0.5) is 5.69 Å². The van der Waals surface area contributed by atoms with Crippen molar-refractivity contribution in [2.24, 2.45) is 0 Å². The minimum atomic E-state index is -0.293. The van der Waals surface area contributed by atoms with Gasteiger partial charge in [0.1, 0.15) is 0 Å². The Morgan fingerprint density at radius 1 is 0.957 bits per heavy atom. The second-order valence-corrected chi connectivity index (χ2v) is 6.73. The highest BCUT2D eigenvalue weighted by Crippen LogP contribution is 2.47. The van der Waals surface area contributed by atoms with E-state index in [2.05, 4.69) is 53.4 Å². The maximum atomic E-state index is 12.9. The Morgan fingerprint density at radius 2 is 1.61 bits per heavy atom. The van der Waals surface area contributed by atoms with Crippen molar-refractivity contribution < 1.29 is 4.79 Å². The Morgan fingerprint density at radius 3 is 2.35 bits per heavy atom. The molecule has 1 amide bonds. The van der Waals surface area contributed by atoms with Crippen LogP contribution in [0, 0.1) is 0 Å². The van der Waals surface area contributed by atoms with Crippen molar-refractivity contribution in [2.45, 2.75) is 24.8 Å². The number of hydrogen-bond acceptors (Lipinski definition) is 2. The molecule has 3 nitrogen and oxygen atoms in total. The van der Waals surface area contributed by atoms with E-state index >= 15 is 0 Å². The number of benzene rings is 2. The number of likely N-dealkylation sites (tertiary alicyclic amines) is 1. The minimum absolute atomic E-state index is 0.276. The van der Waals surface area contributed by atoms with E-state index < -0.39 is 0 Å². The van der Waals surface area contributed by atoms with Gasteiger partial charge in [-0.1, -0.05) is 48.5 Å². The van der Waals surface area contributed by atoms with Crippen molar-refractivity contribution in [1.29, 1.82) is 0 Å². The van der Waals surface area contributed by atoms with E-state index in [1.807, 2.05) is 18.0 Å². The number of fused-ring (bicyclic) bond motifs is 2. The van der Waals surface area contributed by atoms with Crippen LogP contribution in [0.2, 0.25) is 0 Å². The molecule has 2 aromatic rings. The summed E-state index contributed by atoms with van der Waals surface area (Å²) >= 11 is 0. The van der Waals surface area contributed by atoms with Crippen LogP contribution in [0.15, 0.2) is 54.6 Å². The van der Waals surface area contributed by atoms with Gasteiger partial charge in [-0.05, 0) is 43.1 Å². The predicted molar refractivity (Wildman–Crippen MR) is 92.5 cm³/mol. The number of carbonyl (C=O) groups is 1. The second kappa shape index (κ2) is 5.50. The summed E-state index contributed by atoms with van der Waals surface area (Å²) in [5.74, 6) is 0.276. The summed E-state index contributed by atoms with van der Waals surface area (Å²) in [5.41, 5.74) is 3.37. The van der Waals surface area contributed by atoms with Gasteiger partial charge in [-0.25, -0.2) is 0 Å². The lowest BCUT2D eigenvalue weighted by Gasteiger charge is -2.38. The molecule has 0 aliphatic carbocycles. The third-order valence-corrected chi connectivity index (χ3v) is 5.45. The van der Waals surface area contributed by atoms with E-state index in [0.717, 1.165) is 38.2 Å². The molecule has 2 aliphatic heterocycles. The van der Waals surface area contributed by atoms with Gasteiger partial charge in [-0.3, -0.25) is 9.69 Å². The van der Waals surface area contributed by atoms with Gasteiger partial charge >= 0.3 is 0 Å². The highest BCUT2D eigenvalue weighted by molar-refractivity contribution is 6.07. The SMILES string of the molecule is CN1C(=O)C2(CCN(Cc3ccccc3)CC2)c2ccccc21. The number of amides is 1. The van der Waals surface area contributed by atoms with Crippen LogP contribution in [0.1, 0.15) is 24.0 Å². The summed E-state index contributed by atoms with van der Waals surface area (Å²) in [7, 11) is 1.91. The molecule has 23 heavy (non-hydrogen) atoms. The quantitative estimate of drug-likeness (QED) is 0.850. The van der Waals surface area contributed by atoms with Gasteiger partial charge < -0.3 is 4.90 Å². The molecule has 2 aliphatic rings. The van der Waals surface area contributed by atoms with E-state index in [0.29, 0.717) is 0 Å². The highest BCUT2D eigenvalue weighted by Gasteiger charge is 2.50. The number of carbonyl (C=O) groups excluding carboxylic acids is 1. The first-order chi connectivity index (χ1) is 11.2. The first-order valence-corrected chi connectivity index (χ1v) is 8.35. The molecule has 0 unspecified atom stereocenters. The van der Waals surface area contributed by atoms with Crippen molar-refractivity contribution in [3.05, 3.63) is 65.7 Å². The Balaban J connectivity index is 1.54. The summed E-state index contributed by atoms with van der Waals surface area (Å²) in [4.78, 5) is 17.2. The van der Waals surface area contributed by atoms with Crippen molar-refractivity contribution >= 4 is 11.6 Å². The summed E-state index contributed by atoms with van der Waals surface area (Å²) in [6, 6.07) is 18.9. The summed E-state index contributed by atoms with van der Waals surface area (Å²) in [5, 5.41) is 0. The van der Waals surface area contributed by atoms with Crippen molar-refractivity contribution in [3.8, 4) is 0 Å². The molecule has 0 radical (unpaired) electrons. The zero-order valence-electron chi connectivity index (χ0n) is 13.5. The molecule has 4 rings (SSSR count). The third kappa shape index (κ3) is 2.27. The molecule has 118 valence electrons. The number of piperidine rings is 1. The lowest BCUT2D eigenvalue weighted by atomic mass is 9.73. The number of hydrogen-bond donors (Lipinski definition) is 0. The number of nitrogens with zero attached hydrogens (tertiary/aromatic N) is 2. The van der Waals surface area contributed by atoms with E-state index in [-0.39, 0.29) is 11.3 Å². The summed E-state index contributed by atoms with van der Waals surface area (Å²) in [6.07, 6.45) is 1.83. The van der Waals surface area contributed by atoms with Gasteiger partial charge in [0.25, 0.3) is 0 Å². The topological polar surface area (TPSA) is 23.6 Å². The number of anilines is 1. The Labute approximate surface area is 137 Å². The van der Waals surface area contributed by atoms with E-state index in [4.69, 9.17) is 0 Å². The first kappa shape index (κ1) is 14.5. The maximum Gasteiger partial charge on any atom is 0.237 e. The van der Waals surface area contributed by atoms with Crippen LogP contribution in [0.25, 0.3) is 0 Å². The lowest BCUT2D eigenvalue weighted by Crippen LogP contribution is -2.47. The molecule has 1 fully saturated rings. The molecule has 2 aromatic carbocycles. The van der Waals surface area contributed by atoms with E-state index in [1.54, 1.807) is 0 Å². The van der Waals surface area contributed by atoms with Gasteiger partial charge in [-0.15, -0.1) is 0 Å². The maximum absolute atomic E-state index is 12.9. The lowest BCUT2D eigenvalue weighted by molar-refractivity contribution is -0.124. The Bertz CT molecular complexity index is 717. The van der Waals surface area contributed by atoms with Crippen LogP contribution in [0.3, 0.4) is 0 Å². The predicted octanol–water partition coefficient (Wildman–Crippen LogP) is 3.20. The van der Waals surface area contributed by atoms with Crippen LogP contribution < -0.4 is 4.90 Å². The van der Waals surface area contributed by atoms with Crippen LogP contribution in [-0.4, -0.2) is 30.9 Å². The average Bonchev–Trinajstić information content (AvgIpc) is 2.81. The van der Waals surface area contributed by atoms with Gasteiger partial charge in [0.15, 0.2) is 0 Å². The average molecular weight is 306 g/mol. The largest absolute Gasteiger partial charge is 0.314 e. The van der Waals surface area contributed by atoms with Gasteiger partial charge in [0.05, 0.1) is 5.41 Å². The second-order valence-electron chi connectivity index (χ2n) is 6.73. The van der Waals surface area contributed by atoms with Crippen LogP contribution in [-0.2, 0) is 16.8 Å². The highest BCUT2D eigenvalue weighted by atomic mass is 16.2. The molecule has 1 saturated heterocycles. The van der Waals surface area contributed by atoms with Gasteiger partial charge in [0, 0.05) is 19.3 Å². The minimum Gasteiger partial charge on any atom is -0.314 e. The standard InChI is InChI=1S/C20H22N2O/c1-21-18-10-6-5-9-17(18)20(19(21)23)11-13-22(14-12-20)15-16-7-3-2-4-8-16/h2-10H,11-15H2,1H3. The number of para-hydroxylation sites is 1. The molecule has 0 bridgehead atoms. The smallest absolute Gasteiger partial charge is 0.237 e. The summed E-state index contributed by atoms with van der Waals surface area (Å²) in [6.45, 7) is 2.92. The molecular formula is C20H22N2O. The molecule has 0 N–H and O–H groups in total. The molecule has 0 aromatic heterocycles. The third-order valence-electron chi connectivity index (χ3n) is 5.45. The van der Waals surface area contributed by atoms with Crippen LogP contribution >= 0.6 is 0 Å². The van der Waals surface area contributed by atoms with E-state index in [1.165, 1.54) is 11.1 Å². The summed E-state index contributed by atoms with van der Waals surface area (Å²) < 4.78 is 0. The van der Waals surface area contributed by atoms with E-state index in [9.17, 15) is 4.79 Å².